The van der Waals surface area contributed by atoms with Gasteiger partial charge in [0.2, 0.25) is 0 Å². The van der Waals surface area contributed by atoms with Crippen molar-refractivity contribution in [2.75, 3.05) is 33.2 Å². The molecule has 0 amide bonds. The first-order valence-corrected chi connectivity index (χ1v) is 7.38. The number of nitrogens with zero attached hydrogens (tertiary/aromatic N) is 3. The van der Waals surface area contributed by atoms with E-state index in [0.717, 1.165) is 18.6 Å². The van der Waals surface area contributed by atoms with Crippen LogP contribution in [0.5, 0.6) is 0 Å². The molecule has 18 heavy (non-hydrogen) atoms. The Bertz CT molecular complexity index is 529. The Kier molecular flexibility index (Phi) is 3.33. The molecule has 2 heterocycles. The molecule has 96 valence electrons. The molecule has 1 fully saturated rings. The number of likely N-dealkylation sites (N-methyl/N-ethyl adjacent to an activating group) is 1. The minimum atomic E-state index is 0.491. The fourth-order valence-electron chi connectivity index (χ4n) is 2.55. The highest BCUT2D eigenvalue weighted by molar-refractivity contribution is 7.16. The average Bonchev–Trinajstić information content (AvgIpc) is 2.86. The first kappa shape index (κ1) is 12.1. The van der Waals surface area contributed by atoms with Crippen molar-refractivity contribution in [3.05, 3.63) is 29.3 Å². The van der Waals surface area contributed by atoms with Gasteiger partial charge < -0.3 is 4.90 Å². The third kappa shape index (κ3) is 2.28. The van der Waals surface area contributed by atoms with Crippen LogP contribution in [0, 0.1) is 0 Å². The molecule has 1 aromatic carbocycles. The molecule has 0 saturated carbocycles. The van der Waals surface area contributed by atoms with E-state index in [0.29, 0.717) is 6.04 Å². The number of hydrogen-bond acceptors (Lipinski definition) is 4. The summed E-state index contributed by atoms with van der Waals surface area (Å²) in [5, 5.41) is 0. The van der Waals surface area contributed by atoms with Crippen molar-refractivity contribution in [3.8, 4) is 0 Å². The Morgan fingerprint density at radius 3 is 2.78 bits per heavy atom. The van der Waals surface area contributed by atoms with Crippen molar-refractivity contribution in [2.45, 2.75) is 13.0 Å². The highest BCUT2D eigenvalue weighted by Crippen LogP contribution is 2.26. The third-order valence-electron chi connectivity index (χ3n) is 3.92. The zero-order chi connectivity index (χ0) is 12.5. The number of fused-ring (bicyclic) bond motifs is 1. The van der Waals surface area contributed by atoms with Crippen LogP contribution in [0.25, 0.3) is 10.2 Å². The van der Waals surface area contributed by atoms with Gasteiger partial charge in [0.25, 0.3) is 0 Å². The van der Waals surface area contributed by atoms with Gasteiger partial charge in [0, 0.05) is 32.2 Å². The van der Waals surface area contributed by atoms with E-state index in [-0.39, 0.29) is 0 Å². The van der Waals surface area contributed by atoms with Gasteiger partial charge in [-0.3, -0.25) is 4.90 Å². The second kappa shape index (κ2) is 4.96. The lowest BCUT2D eigenvalue weighted by Crippen LogP contribution is -2.45. The van der Waals surface area contributed by atoms with Gasteiger partial charge in [-0.15, -0.1) is 11.3 Å². The number of thiazole rings is 1. The van der Waals surface area contributed by atoms with E-state index < -0.39 is 0 Å². The molecule has 1 aliphatic heterocycles. The molecule has 0 spiro atoms. The normalized spacial score (nSPS) is 20.3. The van der Waals surface area contributed by atoms with Crippen molar-refractivity contribution in [2.24, 2.45) is 0 Å². The fourth-order valence-corrected chi connectivity index (χ4v) is 3.21. The van der Waals surface area contributed by atoms with E-state index in [9.17, 15) is 0 Å². The molecule has 1 aliphatic rings. The SMILES string of the molecule is CC(c1ccc2scnc2c1)N1CCN(C)CC1. The topological polar surface area (TPSA) is 19.4 Å². The molecule has 0 radical (unpaired) electrons. The van der Waals surface area contributed by atoms with Crippen LogP contribution in [-0.2, 0) is 0 Å². The predicted molar refractivity (Wildman–Crippen MR) is 77.1 cm³/mol. The minimum absolute atomic E-state index is 0.491. The summed E-state index contributed by atoms with van der Waals surface area (Å²) in [6.07, 6.45) is 0. The van der Waals surface area contributed by atoms with Crippen molar-refractivity contribution in [1.82, 2.24) is 14.8 Å². The zero-order valence-electron chi connectivity index (χ0n) is 11.0. The van der Waals surface area contributed by atoms with Gasteiger partial charge in [0.15, 0.2) is 0 Å². The summed E-state index contributed by atoms with van der Waals surface area (Å²) in [5.74, 6) is 0. The summed E-state index contributed by atoms with van der Waals surface area (Å²) in [5.41, 5.74) is 4.45. The van der Waals surface area contributed by atoms with Crippen LogP contribution >= 0.6 is 11.3 Å². The Morgan fingerprint density at radius 1 is 1.22 bits per heavy atom. The number of hydrogen-bond donors (Lipinski definition) is 0. The van der Waals surface area contributed by atoms with Gasteiger partial charge in [0.1, 0.15) is 0 Å². The molecule has 2 aromatic rings. The fraction of sp³-hybridized carbons (Fsp3) is 0.500. The standard InChI is InChI=1S/C14H19N3S/c1-11(17-7-5-16(2)6-8-17)12-3-4-14-13(9-12)15-10-18-14/h3-4,9-11H,5-8H2,1-2H3. The van der Waals surface area contributed by atoms with Gasteiger partial charge in [-0.1, -0.05) is 6.07 Å². The maximum atomic E-state index is 4.41. The number of rotatable bonds is 2. The maximum absolute atomic E-state index is 4.41. The minimum Gasteiger partial charge on any atom is -0.304 e. The van der Waals surface area contributed by atoms with E-state index in [4.69, 9.17) is 0 Å². The highest BCUT2D eigenvalue weighted by atomic mass is 32.1. The summed E-state index contributed by atoms with van der Waals surface area (Å²) in [7, 11) is 2.20. The van der Waals surface area contributed by atoms with Gasteiger partial charge >= 0.3 is 0 Å². The average molecular weight is 261 g/mol. The van der Waals surface area contributed by atoms with E-state index in [1.165, 1.54) is 23.4 Å². The summed E-state index contributed by atoms with van der Waals surface area (Å²) >= 11 is 1.71. The first-order valence-electron chi connectivity index (χ1n) is 6.50. The van der Waals surface area contributed by atoms with E-state index >= 15 is 0 Å². The lowest BCUT2D eigenvalue weighted by Gasteiger charge is -2.36. The Hall–Kier alpha value is -0.970. The molecule has 1 atom stereocenters. The molecule has 0 aliphatic carbocycles. The van der Waals surface area contributed by atoms with Gasteiger partial charge in [-0.05, 0) is 31.7 Å². The summed E-state index contributed by atoms with van der Waals surface area (Å²) in [6, 6.07) is 7.19. The van der Waals surface area contributed by atoms with Gasteiger partial charge in [0.05, 0.1) is 15.7 Å². The summed E-state index contributed by atoms with van der Waals surface area (Å²) < 4.78 is 1.28. The third-order valence-corrected chi connectivity index (χ3v) is 4.73. The smallest absolute Gasteiger partial charge is 0.0815 e. The molecule has 3 rings (SSSR count). The number of benzene rings is 1. The molecule has 4 heteroatoms. The van der Waals surface area contributed by atoms with Crippen LogP contribution in [0.2, 0.25) is 0 Å². The Morgan fingerprint density at radius 2 is 2.00 bits per heavy atom. The second-order valence-corrected chi connectivity index (χ2v) is 5.98. The monoisotopic (exact) mass is 261 g/mol. The molecule has 1 aromatic heterocycles. The Labute approximate surface area is 112 Å². The van der Waals surface area contributed by atoms with Gasteiger partial charge in [-0.25, -0.2) is 4.98 Å². The van der Waals surface area contributed by atoms with Crippen molar-refractivity contribution >= 4 is 21.6 Å². The molecular formula is C14H19N3S. The van der Waals surface area contributed by atoms with Crippen molar-refractivity contribution < 1.29 is 0 Å². The molecule has 0 bridgehead atoms. The molecule has 3 nitrogen and oxygen atoms in total. The van der Waals surface area contributed by atoms with Crippen LogP contribution in [-0.4, -0.2) is 48.0 Å². The quantitative estimate of drug-likeness (QED) is 0.828. The van der Waals surface area contributed by atoms with E-state index in [1.807, 2.05) is 5.51 Å². The zero-order valence-corrected chi connectivity index (χ0v) is 11.8. The number of piperazine rings is 1. The summed E-state index contributed by atoms with van der Waals surface area (Å²) in [4.78, 5) is 9.37. The summed E-state index contributed by atoms with van der Waals surface area (Å²) in [6.45, 7) is 6.96. The Balaban J connectivity index is 1.80. The molecule has 1 saturated heterocycles. The molecular weight excluding hydrogens is 242 g/mol. The highest BCUT2D eigenvalue weighted by Gasteiger charge is 2.20. The predicted octanol–water partition coefficient (Wildman–Crippen LogP) is 2.60. The van der Waals surface area contributed by atoms with Crippen molar-refractivity contribution in [3.63, 3.8) is 0 Å². The van der Waals surface area contributed by atoms with Crippen LogP contribution in [0.3, 0.4) is 0 Å². The van der Waals surface area contributed by atoms with E-state index in [1.54, 1.807) is 11.3 Å². The largest absolute Gasteiger partial charge is 0.304 e. The van der Waals surface area contributed by atoms with Crippen LogP contribution in [0.1, 0.15) is 18.5 Å². The first-order chi connectivity index (χ1) is 8.74. The van der Waals surface area contributed by atoms with Crippen LogP contribution < -0.4 is 0 Å². The maximum Gasteiger partial charge on any atom is 0.0815 e. The van der Waals surface area contributed by atoms with Crippen LogP contribution in [0.4, 0.5) is 0 Å². The molecule has 1 unspecified atom stereocenters. The number of aromatic nitrogens is 1. The lowest BCUT2D eigenvalue weighted by atomic mass is 10.1. The lowest BCUT2D eigenvalue weighted by molar-refractivity contribution is 0.119. The van der Waals surface area contributed by atoms with E-state index in [2.05, 4.69) is 47.0 Å². The molecule has 0 N–H and O–H groups in total. The van der Waals surface area contributed by atoms with Crippen LogP contribution in [0.15, 0.2) is 23.7 Å². The van der Waals surface area contributed by atoms with Gasteiger partial charge in [-0.2, -0.15) is 0 Å². The second-order valence-electron chi connectivity index (χ2n) is 5.09. The van der Waals surface area contributed by atoms with Crippen molar-refractivity contribution in [1.29, 1.82) is 0 Å².